The minimum atomic E-state index is -0.440. The van der Waals surface area contributed by atoms with E-state index in [0.717, 1.165) is 6.42 Å². The molecule has 2 rings (SSSR count). The van der Waals surface area contributed by atoms with Crippen molar-refractivity contribution in [2.75, 3.05) is 6.54 Å². The topological polar surface area (TPSA) is 50.4 Å². The van der Waals surface area contributed by atoms with Crippen molar-refractivity contribution in [1.82, 2.24) is 10.6 Å². The van der Waals surface area contributed by atoms with Crippen LogP contribution in [-0.4, -0.2) is 24.3 Å². The molecular formula is C17H28N2O2S. The van der Waals surface area contributed by atoms with E-state index in [0.29, 0.717) is 24.5 Å². The van der Waals surface area contributed by atoms with Crippen molar-refractivity contribution in [1.29, 1.82) is 0 Å². The smallest absolute Gasteiger partial charge is 0.407 e. The highest BCUT2D eigenvalue weighted by atomic mass is 32.1. The summed E-state index contributed by atoms with van der Waals surface area (Å²) in [4.78, 5) is 11.8. The van der Waals surface area contributed by atoms with Gasteiger partial charge in [0.1, 0.15) is 5.60 Å². The average molecular weight is 324 g/mol. The van der Waals surface area contributed by atoms with E-state index < -0.39 is 5.60 Å². The first-order valence-electron chi connectivity index (χ1n) is 8.10. The molecule has 1 aliphatic rings. The molecule has 0 saturated heterocycles. The van der Waals surface area contributed by atoms with E-state index in [4.69, 9.17) is 4.74 Å². The molecule has 1 aromatic heterocycles. The second-order valence-corrected chi connectivity index (χ2v) is 7.91. The molecule has 0 radical (unpaired) electrons. The van der Waals surface area contributed by atoms with Crippen molar-refractivity contribution in [2.45, 2.75) is 64.6 Å². The minimum absolute atomic E-state index is 0.316. The number of hydrogen-bond acceptors (Lipinski definition) is 4. The number of carbonyl (C=O) groups is 1. The Bertz CT molecular complexity index is 468. The third kappa shape index (κ3) is 5.29. The molecule has 0 bridgehead atoms. The molecule has 0 spiro atoms. The van der Waals surface area contributed by atoms with Crippen LogP contribution in [0.15, 0.2) is 16.8 Å². The lowest BCUT2D eigenvalue weighted by Gasteiger charge is -2.26. The number of amides is 1. The Hall–Kier alpha value is -1.07. The molecule has 22 heavy (non-hydrogen) atoms. The van der Waals surface area contributed by atoms with E-state index in [1.807, 2.05) is 20.8 Å². The Kier molecular flexibility index (Phi) is 5.87. The van der Waals surface area contributed by atoms with Gasteiger partial charge in [-0.3, -0.25) is 0 Å². The molecule has 4 nitrogen and oxygen atoms in total. The summed E-state index contributed by atoms with van der Waals surface area (Å²) in [7, 11) is 0. The number of carbonyl (C=O) groups excluding carboxylic acids is 1. The lowest BCUT2D eigenvalue weighted by molar-refractivity contribution is 0.0517. The van der Waals surface area contributed by atoms with E-state index >= 15 is 0 Å². The van der Waals surface area contributed by atoms with Gasteiger partial charge in [0.15, 0.2) is 0 Å². The van der Waals surface area contributed by atoms with Crippen LogP contribution in [0.25, 0.3) is 0 Å². The van der Waals surface area contributed by atoms with Gasteiger partial charge in [-0.1, -0.05) is 6.42 Å². The van der Waals surface area contributed by atoms with E-state index in [9.17, 15) is 4.79 Å². The summed E-state index contributed by atoms with van der Waals surface area (Å²) in [5.41, 5.74) is 0.904. The molecule has 3 atom stereocenters. The summed E-state index contributed by atoms with van der Waals surface area (Å²) >= 11 is 1.73. The first-order valence-corrected chi connectivity index (χ1v) is 9.04. The van der Waals surface area contributed by atoms with Gasteiger partial charge in [0.25, 0.3) is 0 Å². The third-order valence-electron chi connectivity index (χ3n) is 4.07. The van der Waals surface area contributed by atoms with Crippen molar-refractivity contribution in [2.24, 2.45) is 5.92 Å². The molecule has 0 aliphatic heterocycles. The standard InChI is InChI=1S/C17H28N2O2S/c1-12(14-8-9-22-11-14)19-15-7-5-6-13(15)10-18-16(20)21-17(2,3)4/h8-9,11-13,15,19H,5-7,10H2,1-4H3,(H,18,20). The molecule has 5 heteroatoms. The van der Waals surface area contributed by atoms with Crippen LogP contribution in [0.1, 0.15) is 58.6 Å². The van der Waals surface area contributed by atoms with Gasteiger partial charge in [-0.15, -0.1) is 0 Å². The normalized spacial score (nSPS) is 23.3. The lowest BCUT2D eigenvalue weighted by Crippen LogP contribution is -2.41. The van der Waals surface area contributed by atoms with Crippen LogP contribution in [-0.2, 0) is 4.74 Å². The van der Waals surface area contributed by atoms with Gasteiger partial charge in [-0.05, 0) is 68.8 Å². The maximum atomic E-state index is 11.8. The Labute approximate surface area is 137 Å². The van der Waals surface area contributed by atoms with Crippen LogP contribution >= 0.6 is 11.3 Å². The molecule has 1 saturated carbocycles. The molecular weight excluding hydrogens is 296 g/mol. The molecule has 1 aromatic rings. The summed E-state index contributed by atoms with van der Waals surface area (Å²) < 4.78 is 5.30. The summed E-state index contributed by atoms with van der Waals surface area (Å²) in [6.45, 7) is 8.54. The third-order valence-corrected chi connectivity index (χ3v) is 4.78. The first kappa shape index (κ1) is 17.3. The zero-order valence-corrected chi connectivity index (χ0v) is 14.8. The SMILES string of the molecule is CC(NC1CCCC1CNC(=O)OC(C)(C)C)c1ccsc1. The molecule has 124 valence electrons. The van der Waals surface area contributed by atoms with E-state index in [1.165, 1.54) is 18.4 Å². The van der Waals surface area contributed by atoms with Crippen molar-refractivity contribution in [3.63, 3.8) is 0 Å². The zero-order chi connectivity index (χ0) is 16.2. The van der Waals surface area contributed by atoms with E-state index in [1.54, 1.807) is 11.3 Å². The minimum Gasteiger partial charge on any atom is -0.444 e. The van der Waals surface area contributed by atoms with Gasteiger partial charge >= 0.3 is 6.09 Å². The van der Waals surface area contributed by atoms with Crippen LogP contribution in [0, 0.1) is 5.92 Å². The molecule has 2 N–H and O–H groups in total. The Morgan fingerprint density at radius 2 is 2.23 bits per heavy atom. The van der Waals surface area contributed by atoms with Gasteiger partial charge in [0.05, 0.1) is 0 Å². The number of alkyl carbamates (subject to hydrolysis) is 1. The summed E-state index contributed by atoms with van der Waals surface area (Å²) in [6.07, 6.45) is 3.23. The van der Waals surface area contributed by atoms with Gasteiger partial charge in [0.2, 0.25) is 0 Å². The summed E-state index contributed by atoms with van der Waals surface area (Å²) in [5, 5.41) is 10.9. The highest BCUT2D eigenvalue weighted by Crippen LogP contribution is 2.28. The first-order chi connectivity index (χ1) is 10.3. The van der Waals surface area contributed by atoms with Crippen molar-refractivity contribution in [3.8, 4) is 0 Å². The molecule has 3 unspecified atom stereocenters. The van der Waals surface area contributed by atoms with Crippen LogP contribution in [0.3, 0.4) is 0 Å². The maximum absolute atomic E-state index is 11.8. The summed E-state index contributed by atoms with van der Waals surface area (Å²) in [5.74, 6) is 0.480. The molecule has 1 fully saturated rings. The average Bonchev–Trinajstić information content (AvgIpc) is 3.05. The number of nitrogens with one attached hydrogen (secondary N) is 2. The quantitative estimate of drug-likeness (QED) is 0.857. The van der Waals surface area contributed by atoms with Gasteiger partial charge < -0.3 is 15.4 Å². The van der Waals surface area contributed by atoms with Crippen LogP contribution < -0.4 is 10.6 Å². The van der Waals surface area contributed by atoms with Gasteiger partial charge in [-0.25, -0.2) is 4.79 Å². The Morgan fingerprint density at radius 3 is 2.86 bits per heavy atom. The number of ether oxygens (including phenoxy) is 1. The molecule has 1 aliphatic carbocycles. The second kappa shape index (κ2) is 7.47. The monoisotopic (exact) mass is 324 g/mol. The predicted octanol–water partition coefficient (Wildman–Crippen LogP) is 4.09. The largest absolute Gasteiger partial charge is 0.444 e. The predicted molar refractivity (Wildman–Crippen MR) is 91.2 cm³/mol. The van der Waals surface area contributed by atoms with Crippen LogP contribution in [0.4, 0.5) is 4.79 Å². The van der Waals surface area contributed by atoms with E-state index in [2.05, 4.69) is 34.4 Å². The Morgan fingerprint density at radius 1 is 1.45 bits per heavy atom. The second-order valence-electron chi connectivity index (χ2n) is 7.13. The molecule has 0 aromatic carbocycles. The zero-order valence-electron chi connectivity index (χ0n) is 14.0. The summed E-state index contributed by atoms with van der Waals surface area (Å²) in [6, 6.07) is 2.99. The lowest BCUT2D eigenvalue weighted by atomic mass is 10.0. The Balaban J connectivity index is 1.79. The fourth-order valence-electron chi connectivity index (χ4n) is 2.97. The van der Waals surface area contributed by atoms with Gasteiger partial charge in [-0.2, -0.15) is 11.3 Å². The highest BCUT2D eigenvalue weighted by molar-refractivity contribution is 7.07. The fraction of sp³-hybridized carbons (Fsp3) is 0.706. The fourth-order valence-corrected chi connectivity index (χ4v) is 3.72. The van der Waals surface area contributed by atoms with Crippen molar-refractivity contribution in [3.05, 3.63) is 22.4 Å². The molecule has 1 amide bonds. The van der Waals surface area contributed by atoms with Crippen LogP contribution in [0.2, 0.25) is 0 Å². The number of thiophene rings is 1. The van der Waals surface area contributed by atoms with Gasteiger partial charge in [0, 0.05) is 18.6 Å². The van der Waals surface area contributed by atoms with Crippen LogP contribution in [0.5, 0.6) is 0 Å². The number of hydrogen-bond donors (Lipinski definition) is 2. The molecule has 1 heterocycles. The number of rotatable bonds is 5. The van der Waals surface area contributed by atoms with Crippen molar-refractivity contribution >= 4 is 17.4 Å². The highest BCUT2D eigenvalue weighted by Gasteiger charge is 2.29. The maximum Gasteiger partial charge on any atom is 0.407 e. The van der Waals surface area contributed by atoms with E-state index in [-0.39, 0.29) is 6.09 Å². The van der Waals surface area contributed by atoms with Crippen molar-refractivity contribution < 1.29 is 9.53 Å².